The maximum Gasteiger partial charge on any atom is 0.273 e. The Bertz CT molecular complexity index is 758. The first-order valence-corrected chi connectivity index (χ1v) is 10.1. The van der Waals surface area contributed by atoms with E-state index in [4.69, 9.17) is 9.47 Å². The number of hydrogen-bond donors (Lipinski definition) is 0. The van der Waals surface area contributed by atoms with Crippen LogP contribution in [0.2, 0.25) is 0 Å². The third kappa shape index (κ3) is 3.88. The van der Waals surface area contributed by atoms with Crippen LogP contribution < -0.4 is 9.47 Å². The molecule has 1 fully saturated rings. The second-order valence-corrected chi connectivity index (χ2v) is 8.62. The summed E-state index contributed by atoms with van der Waals surface area (Å²) in [5.41, 5.74) is 0. The molecule has 1 saturated heterocycles. The van der Waals surface area contributed by atoms with Gasteiger partial charge < -0.3 is 9.47 Å². The van der Waals surface area contributed by atoms with Crippen molar-refractivity contribution in [3.63, 3.8) is 0 Å². The average Bonchev–Trinajstić information content (AvgIpc) is 3.20. The van der Waals surface area contributed by atoms with E-state index in [1.54, 1.807) is 30.5 Å². The minimum Gasteiger partial charge on any atom is -0.491 e. The molecule has 2 heterocycles. The fraction of sp³-hybridized carbons (Fsp3) is 0.438. The zero-order chi connectivity index (χ0) is 17.2. The third-order valence-electron chi connectivity index (χ3n) is 3.62. The van der Waals surface area contributed by atoms with Gasteiger partial charge >= 0.3 is 0 Å². The molecule has 1 aromatic heterocycles. The van der Waals surface area contributed by atoms with Crippen molar-refractivity contribution >= 4 is 21.4 Å². The summed E-state index contributed by atoms with van der Waals surface area (Å²) in [5.74, 6) is 0.662. The number of benzene rings is 1. The van der Waals surface area contributed by atoms with E-state index in [0.29, 0.717) is 30.5 Å². The summed E-state index contributed by atoms with van der Waals surface area (Å²) in [5, 5.41) is 2.41. The fourth-order valence-electron chi connectivity index (χ4n) is 2.53. The largest absolute Gasteiger partial charge is 0.491 e. The molecule has 1 aliphatic rings. The summed E-state index contributed by atoms with van der Waals surface area (Å²) in [7, 11) is -3.51. The quantitative estimate of drug-likeness (QED) is 0.784. The van der Waals surface area contributed by atoms with E-state index < -0.39 is 10.0 Å². The van der Waals surface area contributed by atoms with Gasteiger partial charge in [0, 0.05) is 18.1 Å². The standard InChI is InChI=1S/C16H20N2O4S2/c1-12(2)21-13-3-5-15(6-4-13)24(19,20)18-9-7-14(11-18)22-16-17-8-10-23-16/h3-6,8,10,12,14H,7,9,11H2,1-2H3. The topological polar surface area (TPSA) is 68.7 Å². The number of rotatable bonds is 6. The van der Waals surface area contributed by atoms with Crippen molar-refractivity contribution in [3.8, 4) is 10.9 Å². The number of nitrogens with zero attached hydrogens (tertiary/aromatic N) is 2. The normalized spacial score (nSPS) is 18.9. The lowest BCUT2D eigenvalue weighted by Crippen LogP contribution is -2.31. The summed E-state index contributed by atoms with van der Waals surface area (Å²) in [6.07, 6.45) is 2.22. The Kier molecular flexibility index (Phi) is 5.07. The van der Waals surface area contributed by atoms with Crippen molar-refractivity contribution in [3.05, 3.63) is 35.8 Å². The molecule has 0 N–H and O–H groups in total. The van der Waals surface area contributed by atoms with Gasteiger partial charge in [-0.2, -0.15) is 4.31 Å². The minimum absolute atomic E-state index is 0.0507. The SMILES string of the molecule is CC(C)Oc1ccc(S(=O)(=O)N2CCC(Oc3nccs3)C2)cc1. The van der Waals surface area contributed by atoms with Crippen LogP contribution in [0.3, 0.4) is 0 Å². The second-order valence-electron chi connectivity index (χ2n) is 5.83. The van der Waals surface area contributed by atoms with Gasteiger partial charge in [-0.25, -0.2) is 13.4 Å². The van der Waals surface area contributed by atoms with Gasteiger partial charge in [-0.3, -0.25) is 0 Å². The van der Waals surface area contributed by atoms with Gasteiger partial charge in [0.2, 0.25) is 10.0 Å². The van der Waals surface area contributed by atoms with E-state index in [2.05, 4.69) is 4.98 Å². The molecule has 1 aromatic carbocycles. The maximum atomic E-state index is 12.7. The van der Waals surface area contributed by atoms with Crippen LogP contribution in [0, 0.1) is 0 Å². The molecular weight excluding hydrogens is 348 g/mol. The van der Waals surface area contributed by atoms with E-state index in [-0.39, 0.29) is 17.1 Å². The first kappa shape index (κ1) is 17.2. The Morgan fingerprint density at radius 3 is 2.67 bits per heavy atom. The summed E-state index contributed by atoms with van der Waals surface area (Å²) in [6.45, 7) is 4.64. The molecular formula is C16H20N2O4S2. The van der Waals surface area contributed by atoms with Gasteiger partial charge in [-0.05, 0) is 44.5 Å². The van der Waals surface area contributed by atoms with E-state index in [1.807, 2.05) is 19.2 Å². The first-order valence-electron chi connectivity index (χ1n) is 7.78. The predicted octanol–water partition coefficient (Wildman–Crippen LogP) is 2.77. The van der Waals surface area contributed by atoms with E-state index in [1.165, 1.54) is 15.6 Å². The Morgan fingerprint density at radius 2 is 2.04 bits per heavy atom. The van der Waals surface area contributed by atoms with Crippen molar-refractivity contribution in [2.24, 2.45) is 0 Å². The van der Waals surface area contributed by atoms with Crippen LogP contribution in [0.15, 0.2) is 40.7 Å². The molecule has 0 aliphatic carbocycles. The van der Waals surface area contributed by atoms with Gasteiger partial charge in [0.05, 0.1) is 17.5 Å². The lowest BCUT2D eigenvalue weighted by atomic mass is 10.3. The van der Waals surface area contributed by atoms with Gasteiger partial charge in [-0.1, -0.05) is 11.3 Å². The second kappa shape index (κ2) is 7.08. The van der Waals surface area contributed by atoms with Crippen LogP contribution in [-0.4, -0.2) is 43.0 Å². The molecule has 130 valence electrons. The zero-order valence-electron chi connectivity index (χ0n) is 13.6. The number of ether oxygens (including phenoxy) is 2. The van der Waals surface area contributed by atoms with Crippen LogP contribution in [0.25, 0.3) is 0 Å². The van der Waals surface area contributed by atoms with Crippen molar-refractivity contribution in [2.45, 2.75) is 37.4 Å². The van der Waals surface area contributed by atoms with Crippen LogP contribution in [0.5, 0.6) is 10.9 Å². The Balaban J connectivity index is 1.67. The number of sulfonamides is 1. The summed E-state index contributed by atoms with van der Waals surface area (Å²) < 4.78 is 38.2. The zero-order valence-corrected chi connectivity index (χ0v) is 15.2. The van der Waals surface area contributed by atoms with Crippen molar-refractivity contribution < 1.29 is 17.9 Å². The van der Waals surface area contributed by atoms with Crippen molar-refractivity contribution in [2.75, 3.05) is 13.1 Å². The lowest BCUT2D eigenvalue weighted by molar-refractivity contribution is 0.214. The smallest absolute Gasteiger partial charge is 0.273 e. The fourth-order valence-corrected chi connectivity index (χ4v) is 4.57. The monoisotopic (exact) mass is 368 g/mol. The predicted molar refractivity (Wildman–Crippen MR) is 92.1 cm³/mol. The van der Waals surface area contributed by atoms with Crippen LogP contribution in [-0.2, 0) is 10.0 Å². The number of aromatic nitrogens is 1. The molecule has 0 saturated carbocycles. The third-order valence-corrected chi connectivity index (χ3v) is 6.16. The highest BCUT2D eigenvalue weighted by Crippen LogP contribution is 2.26. The highest BCUT2D eigenvalue weighted by atomic mass is 32.2. The molecule has 1 atom stereocenters. The summed E-state index contributed by atoms with van der Waals surface area (Å²) in [4.78, 5) is 4.34. The Hall–Kier alpha value is -1.64. The highest BCUT2D eigenvalue weighted by Gasteiger charge is 2.34. The van der Waals surface area contributed by atoms with Crippen molar-refractivity contribution in [1.29, 1.82) is 0 Å². The molecule has 1 unspecified atom stereocenters. The van der Waals surface area contributed by atoms with Gasteiger partial charge in [0.15, 0.2) is 0 Å². The van der Waals surface area contributed by atoms with E-state index in [0.717, 1.165) is 0 Å². The maximum absolute atomic E-state index is 12.7. The van der Waals surface area contributed by atoms with Crippen LogP contribution in [0.4, 0.5) is 0 Å². The molecule has 1 aliphatic heterocycles. The molecule has 0 radical (unpaired) electrons. The lowest BCUT2D eigenvalue weighted by Gasteiger charge is -2.17. The Morgan fingerprint density at radius 1 is 1.29 bits per heavy atom. The Labute approximate surface area is 146 Å². The molecule has 0 spiro atoms. The molecule has 0 amide bonds. The number of thiazole rings is 1. The summed E-state index contributed by atoms with van der Waals surface area (Å²) in [6, 6.07) is 6.54. The first-order chi connectivity index (χ1) is 11.4. The molecule has 8 heteroatoms. The molecule has 3 rings (SSSR count). The molecule has 0 bridgehead atoms. The number of hydrogen-bond acceptors (Lipinski definition) is 6. The molecule has 2 aromatic rings. The summed E-state index contributed by atoms with van der Waals surface area (Å²) >= 11 is 1.41. The van der Waals surface area contributed by atoms with Gasteiger partial charge in [0.25, 0.3) is 5.19 Å². The van der Waals surface area contributed by atoms with Crippen LogP contribution >= 0.6 is 11.3 Å². The molecule has 6 nitrogen and oxygen atoms in total. The minimum atomic E-state index is -3.51. The van der Waals surface area contributed by atoms with E-state index >= 15 is 0 Å². The van der Waals surface area contributed by atoms with Gasteiger partial charge in [-0.15, -0.1) is 0 Å². The molecule has 24 heavy (non-hydrogen) atoms. The average molecular weight is 368 g/mol. The van der Waals surface area contributed by atoms with Gasteiger partial charge in [0.1, 0.15) is 11.9 Å². The van der Waals surface area contributed by atoms with Crippen molar-refractivity contribution in [1.82, 2.24) is 9.29 Å². The van der Waals surface area contributed by atoms with Crippen LogP contribution in [0.1, 0.15) is 20.3 Å². The highest BCUT2D eigenvalue weighted by molar-refractivity contribution is 7.89. The van der Waals surface area contributed by atoms with E-state index in [9.17, 15) is 8.42 Å².